The van der Waals surface area contributed by atoms with Crippen molar-refractivity contribution in [1.82, 2.24) is 0 Å². The van der Waals surface area contributed by atoms with E-state index in [1.165, 1.54) is 11.3 Å². The van der Waals surface area contributed by atoms with E-state index in [2.05, 4.69) is 16.7 Å². The maximum Gasteiger partial charge on any atom is 0.230 e. The van der Waals surface area contributed by atoms with E-state index in [1.807, 2.05) is 32.9 Å². The second kappa shape index (κ2) is 4.40. The van der Waals surface area contributed by atoms with Gasteiger partial charge in [-0.1, -0.05) is 20.8 Å². The lowest BCUT2D eigenvalue weighted by atomic mass is 9.89. The Balaban J connectivity index is 2.12. The van der Waals surface area contributed by atoms with E-state index in [-0.39, 0.29) is 11.3 Å². The van der Waals surface area contributed by atoms with Crippen molar-refractivity contribution in [2.75, 3.05) is 17.2 Å². The van der Waals surface area contributed by atoms with Gasteiger partial charge in [0.25, 0.3) is 0 Å². The molecule has 0 spiro atoms. The van der Waals surface area contributed by atoms with Crippen LogP contribution in [0.25, 0.3) is 0 Å². The molecule has 0 fully saturated rings. The van der Waals surface area contributed by atoms with Crippen LogP contribution in [0.2, 0.25) is 0 Å². The van der Waals surface area contributed by atoms with Crippen LogP contribution in [0.4, 0.5) is 11.4 Å². The smallest absolute Gasteiger partial charge is 0.230 e. The Bertz CT molecular complexity index is 438. The summed E-state index contributed by atoms with van der Waals surface area (Å²) in [6, 6.07) is 6.07. The summed E-state index contributed by atoms with van der Waals surface area (Å²) in [4.78, 5) is 12.0. The zero-order valence-corrected chi connectivity index (χ0v) is 10.8. The molecule has 1 heterocycles. The number of hydrogen-bond donors (Lipinski definition) is 2. The van der Waals surface area contributed by atoms with Crippen molar-refractivity contribution in [2.45, 2.75) is 33.6 Å². The molecule has 0 saturated heterocycles. The Labute approximate surface area is 103 Å². The molecular formula is C14H20N2O. The fourth-order valence-corrected chi connectivity index (χ4v) is 1.84. The quantitative estimate of drug-likeness (QED) is 0.841. The van der Waals surface area contributed by atoms with E-state index in [1.54, 1.807) is 0 Å². The van der Waals surface area contributed by atoms with Crippen LogP contribution in [0.3, 0.4) is 0 Å². The Hall–Kier alpha value is -1.51. The van der Waals surface area contributed by atoms with Gasteiger partial charge in [-0.3, -0.25) is 4.79 Å². The summed E-state index contributed by atoms with van der Waals surface area (Å²) in [6.45, 7) is 6.97. The van der Waals surface area contributed by atoms with Gasteiger partial charge in [0.15, 0.2) is 0 Å². The van der Waals surface area contributed by atoms with Gasteiger partial charge in [0.05, 0.1) is 0 Å². The minimum atomic E-state index is -0.308. The second-order valence-corrected chi connectivity index (χ2v) is 5.24. The fourth-order valence-electron chi connectivity index (χ4n) is 1.84. The van der Waals surface area contributed by atoms with Crippen LogP contribution < -0.4 is 10.6 Å². The number of fused-ring (bicyclic) bond motifs is 1. The third kappa shape index (κ3) is 2.43. The predicted octanol–water partition coefficient (Wildman–Crippen LogP) is 3.03. The molecule has 92 valence electrons. The minimum Gasteiger partial charge on any atom is -0.384 e. The van der Waals surface area contributed by atoms with Gasteiger partial charge in [0, 0.05) is 23.3 Å². The number of carbonyl (C=O) groups excluding carboxylic acids is 1. The molecule has 3 nitrogen and oxygen atoms in total. The van der Waals surface area contributed by atoms with Gasteiger partial charge < -0.3 is 10.6 Å². The lowest BCUT2D eigenvalue weighted by Gasteiger charge is -2.21. The van der Waals surface area contributed by atoms with Gasteiger partial charge >= 0.3 is 0 Å². The van der Waals surface area contributed by atoms with Crippen LogP contribution in [0.1, 0.15) is 32.8 Å². The van der Waals surface area contributed by atoms with Crippen LogP contribution in [-0.4, -0.2) is 12.5 Å². The first-order chi connectivity index (χ1) is 8.03. The maximum absolute atomic E-state index is 12.0. The summed E-state index contributed by atoms with van der Waals surface area (Å²) >= 11 is 0. The number of carbonyl (C=O) groups is 1. The van der Waals surface area contributed by atoms with Crippen LogP contribution in [0, 0.1) is 5.41 Å². The van der Waals surface area contributed by atoms with Crippen molar-refractivity contribution in [3.63, 3.8) is 0 Å². The third-order valence-corrected chi connectivity index (χ3v) is 3.57. The molecule has 0 bridgehead atoms. The summed E-state index contributed by atoms with van der Waals surface area (Å²) in [5, 5.41) is 6.31. The van der Waals surface area contributed by atoms with E-state index in [9.17, 15) is 4.79 Å². The Morgan fingerprint density at radius 1 is 1.47 bits per heavy atom. The topological polar surface area (TPSA) is 41.1 Å². The standard InChI is InChI=1S/C14H20N2O/c1-4-14(2,3)13(17)16-11-5-6-12-10(9-11)7-8-15-12/h5-6,9,15H,4,7-8H2,1-3H3,(H,16,17). The van der Waals surface area contributed by atoms with Crippen LogP contribution in [0.15, 0.2) is 18.2 Å². The molecule has 0 radical (unpaired) electrons. The highest BCUT2D eigenvalue weighted by Crippen LogP contribution is 2.27. The molecule has 0 atom stereocenters. The number of hydrogen-bond acceptors (Lipinski definition) is 2. The molecule has 1 amide bonds. The van der Waals surface area contributed by atoms with Crippen molar-refractivity contribution in [3.05, 3.63) is 23.8 Å². The maximum atomic E-state index is 12.0. The number of benzene rings is 1. The summed E-state index contributed by atoms with van der Waals surface area (Å²) < 4.78 is 0. The molecule has 1 aliphatic heterocycles. The molecule has 1 aromatic rings. The number of anilines is 2. The normalized spacial score (nSPS) is 14.1. The van der Waals surface area contributed by atoms with E-state index in [0.29, 0.717) is 0 Å². The van der Waals surface area contributed by atoms with E-state index >= 15 is 0 Å². The third-order valence-electron chi connectivity index (χ3n) is 3.57. The van der Waals surface area contributed by atoms with Crippen molar-refractivity contribution >= 4 is 17.3 Å². The molecular weight excluding hydrogens is 212 g/mol. The average Bonchev–Trinajstić information content (AvgIpc) is 2.76. The molecule has 1 aromatic carbocycles. The first-order valence-electron chi connectivity index (χ1n) is 6.21. The van der Waals surface area contributed by atoms with Gasteiger partial charge in [-0.2, -0.15) is 0 Å². The molecule has 0 unspecified atom stereocenters. The van der Waals surface area contributed by atoms with Crippen molar-refractivity contribution in [2.24, 2.45) is 5.41 Å². The zero-order chi connectivity index (χ0) is 12.5. The fraction of sp³-hybridized carbons (Fsp3) is 0.500. The van der Waals surface area contributed by atoms with Crippen molar-refractivity contribution in [1.29, 1.82) is 0 Å². The SMILES string of the molecule is CCC(C)(C)C(=O)Nc1ccc2c(c1)CCN2. The molecule has 2 N–H and O–H groups in total. The molecule has 0 aromatic heterocycles. The van der Waals surface area contributed by atoms with Crippen molar-refractivity contribution < 1.29 is 4.79 Å². The highest BCUT2D eigenvalue weighted by molar-refractivity contribution is 5.95. The monoisotopic (exact) mass is 232 g/mol. The molecule has 1 aliphatic rings. The molecule has 3 heteroatoms. The number of rotatable bonds is 3. The average molecular weight is 232 g/mol. The Morgan fingerprint density at radius 2 is 2.24 bits per heavy atom. The van der Waals surface area contributed by atoms with Gasteiger partial charge in [0.2, 0.25) is 5.91 Å². The van der Waals surface area contributed by atoms with Gasteiger partial charge in [-0.25, -0.2) is 0 Å². The summed E-state index contributed by atoms with van der Waals surface area (Å²) in [6.07, 6.45) is 1.88. The highest BCUT2D eigenvalue weighted by atomic mass is 16.2. The minimum absolute atomic E-state index is 0.0888. The van der Waals surface area contributed by atoms with Gasteiger partial charge in [-0.15, -0.1) is 0 Å². The van der Waals surface area contributed by atoms with E-state index in [4.69, 9.17) is 0 Å². The lowest BCUT2D eigenvalue weighted by Crippen LogP contribution is -2.29. The summed E-state index contributed by atoms with van der Waals surface area (Å²) in [5.74, 6) is 0.0888. The lowest BCUT2D eigenvalue weighted by molar-refractivity contribution is -0.124. The van der Waals surface area contributed by atoms with E-state index in [0.717, 1.165) is 25.1 Å². The van der Waals surface area contributed by atoms with Gasteiger partial charge in [-0.05, 0) is 36.6 Å². The van der Waals surface area contributed by atoms with Crippen molar-refractivity contribution in [3.8, 4) is 0 Å². The molecule has 17 heavy (non-hydrogen) atoms. The van der Waals surface area contributed by atoms with Gasteiger partial charge in [0.1, 0.15) is 0 Å². The van der Waals surface area contributed by atoms with Crippen LogP contribution >= 0.6 is 0 Å². The number of nitrogens with one attached hydrogen (secondary N) is 2. The molecule has 0 saturated carbocycles. The molecule has 2 rings (SSSR count). The predicted molar refractivity (Wildman–Crippen MR) is 71.3 cm³/mol. The van der Waals surface area contributed by atoms with Crippen LogP contribution in [0.5, 0.6) is 0 Å². The molecule has 0 aliphatic carbocycles. The summed E-state index contributed by atoms with van der Waals surface area (Å²) in [5.41, 5.74) is 3.07. The first kappa shape index (κ1) is 12.0. The van der Waals surface area contributed by atoms with E-state index < -0.39 is 0 Å². The number of amides is 1. The zero-order valence-electron chi connectivity index (χ0n) is 10.8. The van der Waals surface area contributed by atoms with Crippen LogP contribution in [-0.2, 0) is 11.2 Å². The summed E-state index contributed by atoms with van der Waals surface area (Å²) in [7, 11) is 0. The first-order valence-corrected chi connectivity index (χ1v) is 6.21. The Kier molecular flexibility index (Phi) is 3.09. The largest absolute Gasteiger partial charge is 0.384 e. The Morgan fingerprint density at radius 3 is 2.94 bits per heavy atom. The highest BCUT2D eigenvalue weighted by Gasteiger charge is 2.25. The second-order valence-electron chi connectivity index (χ2n) is 5.24.